The van der Waals surface area contributed by atoms with Gasteiger partial charge in [-0.15, -0.1) is 11.3 Å². The predicted octanol–water partition coefficient (Wildman–Crippen LogP) is 5.57. The Morgan fingerprint density at radius 2 is 1.53 bits per heavy atom. The molecule has 5 rings (SSSR count). The van der Waals surface area contributed by atoms with E-state index in [1.165, 1.54) is 9.71 Å². The predicted molar refractivity (Wildman–Crippen MR) is 128 cm³/mol. The van der Waals surface area contributed by atoms with Crippen LogP contribution in [0.15, 0.2) is 78.9 Å². The molecule has 3 aromatic carbocycles. The molecule has 1 N–H and O–H groups in total. The lowest BCUT2D eigenvalue weighted by atomic mass is 9.97. The van der Waals surface area contributed by atoms with Gasteiger partial charge < -0.3 is 10.2 Å². The third-order valence-electron chi connectivity index (χ3n) is 5.87. The molecule has 0 atom stereocenters. The Hall–Kier alpha value is -3.51. The topological polar surface area (TPSA) is 62.3 Å². The van der Waals surface area contributed by atoms with Crippen molar-refractivity contribution in [3.05, 3.63) is 95.0 Å². The largest absolute Gasteiger partial charge is 0.339 e. The van der Waals surface area contributed by atoms with Crippen LogP contribution in [-0.2, 0) is 0 Å². The Balaban J connectivity index is 1.19. The quantitative estimate of drug-likeness (QED) is 0.450. The second-order valence-corrected chi connectivity index (χ2v) is 9.05. The minimum Gasteiger partial charge on any atom is -0.339 e. The molecule has 0 saturated carbocycles. The fraction of sp³-hybridized carbons (Fsp3) is 0.192. The zero-order valence-electron chi connectivity index (χ0n) is 17.5. The van der Waals surface area contributed by atoms with E-state index in [1.807, 2.05) is 35.2 Å². The Morgan fingerprint density at radius 1 is 0.844 bits per heavy atom. The van der Waals surface area contributed by atoms with Crippen LogP contribution in [0.4, 0.5) is 5.69 Å². The first kappa shape index (κ1) is 20.4. The number of piperidine rings is 1. The molecule has 6 heteroatoms. The van der Waals surface area contributed by atoms with Gasteiger partial charge in [-0.3, -0.25) is 9.59 Å². The molecule has 1 fully saturated rings. The average Bonchev–Trinajstić information content (AvgIpc) is 3.29. The molecule has 160 valence electrons. The second-order valence-electron chi connectivity index (χ2n) is 7.98. The van der Waals surface area contributed by atoms with Crippen LogP contribution in [0.25, 0.3) is 10.2 Å². The van der Waals surface area contributed by atoms with Gasteiger partial charge in [-0.2, -0.15) is 0 Å². The van der Waals surface area contributed by atoms with Crippen LogP contribution in [0.3, 0.4) is 0 Å². The zero-order chi connectivity index (χ0) is 21.9. The van der Waals surface area contributed by atoms with E-state index in [-0.39, 0.29) is 11.8 Å². The summed E-state index contributed by atoms with van der Waals surface area (Å²) in [6, 6.07) is 24.4. The van der Waals surface area contributed by atoms with Gasteiger partial charge in [-0.25, -0.2) is 4.98 Å². The maximum Gasteiger partial charge on any atom is 0.255 e. The summed E-state index contributed by atoms with van der Waals surface area (Å²) < 4.78 is 1.22. The van der Waals surface area contributed by atoms with Gasteiger partial charge in [0.1, 0.15) is 0 Å². The molecule has 1 aliphatic heterocycles. The van der Waals surface area contributed by atoms with Crippen LogP contribution < -0.4 is 5.32 Å². The molecule has 0 unspecified atom stereocenters. The van der Waals surface area contributed by atoms with Crippen LogP contribution in [0, 0.1) is 0 Å². The molecule has 2 amide bonds. The minimum atomic E-state index is -0.165. The highest BCUT2D eigenvalue weighted by molar-refractivity contribution is 7.18. The molecule has 0 radical (unpaired) electrons. The van der Waals surface area contributed by atoms with Crippen molar-refractivity contribution in [1.29, 1.82) is 0 Å². The first-order chi connectivity index (χ1) is 15.7. The van der Waals surface area contributed by atoms with E-state index in [1.54, 1.807) is 47.7 Å². The number of aromatic nitrogens is 1. The Labute approximate surface area is 190 Å². The third-order valence-corrected chi connectivity index (χ3v) is 7.07. The second kappa shape index (κ2) is 8.93. The molecule has 4 aromatic rings. The number of para-hydroxylation sites is 1. The fourth-order valence-corrected chi connectivity index (χ4v) is 5.20. The Bertz CT molecular complexity index is 1210. The van der Waals surface area contributed by atoms with Crippen molar-refractivity contribution >= 4 is 39.1 Å². The normalized spacial score (nSPS) is 14.4. The number of hydrogen-bond donors (Lipinski definition) is 1. The summed E-state index contributed by atoms with van der Waals surface area (Å²) in [7, 11) is 0. The number of likely N-dealkylation sites (tertiary alicyclic amines) is 1. The number of anilines is 1. The van der Waals surface area contributed by atoms with Crippen molar-refractivity contribution in [2.24, 2.45) is 0 Å². The van der Waals surface area contributed by atoms with Gasteiger partial charge in [0.25, 0.3) is 11.8 Å². The van der Waals surface area contributed by atoms with Gasteiger partial charge in [0.05, 0.1) is 15.2 Å². The lowest BCUT2D eigenvalue weighted by Gasteiger charge is -2.31. The van der Waals surface area contributed by atoms with E-state index >= 15 is 0 Å². The van der Waals surface area contributed by atoms with Gasteiger partial charge >= 0.3 is 0 Å². The van der Waals surface area contributed by atoms with Crippen molar-refractivity contribution in [3.63, 3.8) is 0 Å². The van der Waals surface area contributed by atoms with Crippen molar-refractivity contribution in [1.82, 2.24) is 9.88 Å². The van der Waals surface area contributed by atoms with E-state index in [4.69, 9.17) is 4.98 Å². The number of hydrogen-bond acceptors (Lipinski definition) is 4. The lowest BCUT2D eigenvalue weighted by molar-refractivity contribution is 0.0713. The van der Waals surface area contributed by atoms with Crippen molar-refractivity contribution in [2.45, 2.75) is 18.8 Å². The van der Waals surface area contributed by atoms with Crippen LogP contribution in [-0.4, -0.2) is 34.8 Å². The smallest absolute Gasteiger partial charge is 0.255 e. The number of amides is 2. The number of nitrogens with zero attached hydrogens (tertiary/aromatic N) is 2. The summed E-state index contributed by atoms with van der Waals surface area (Å²) in [6.07, 6.45) is 1.85. The first-order valence-electron chi connectivity index (χ1n) is 10.8. The Morgan fingerprint density at radius 3 is 2.25 bits per heavy atom. The third kappa shape index (κ3) is 4.27. The van der Waals surface area contributed by atoms with Crippen LogP contribution in [0.5, 0.6) is 0 Å². The molecule has 0 spiro atoms. The van der Waals surface area contributed by atoms with Gasteiger partial charge in [-0.05, 0) is 61.4 Å². The van der Waals surface area contributed by atoms with Crippen molar-refractivity contribution < 1.29 is 9.59 Å². The van der Waals surface area contributed by atoms with Crippen LogP contribution >= 0.6 is 11.3 Å². The summed E-state index contributed by atoms with van der Waals surface area (Å²) in [4.78, 5) is 32.0. The molecule has 32 heavy (non-hydrogen) atoms. The molecule has 2 heterocycles. The zero-order valence-corrected chi connectivity index (χ0v) is 18.3. The number of benzene rings is 3. The molecule has 0 bridgehead atoms. The fourth-order valence-electron chi connectivity index (χ4n) is 4.07. The summed E-state index contributed by atoms with van der Waals surface area (Å²) in [5.41, 5.74) is 2.97. The van der Waals surface area contributed by atoms with Crippen molar-refractivity contribution in [2.75, 3.05) is 18.4 Å². The first-order valence-corrected chi connectivity index (χ1v) is 11.6. The van der Waals surface area contributed by atoms with Gasteiger partial charge in [0, 0.05) is 35.8 Å². The summed E-state index contributed by atoms with van der Waals surface area (Å²) >= 11 is 1.77. The maximum atomic E-state index is 13.0. The SMILES string of the molecule is O=C(Nc1ccc(C(=O)N2CCC(c3nc4ccccc4s3)CC2)cc1)c1ccccc1. The maximum absolute atomic E-state index is 13.0. The van der Waals surface area contributed by atoms with E-state index < -0.39 is 0 Å². The molecule has 1 aliphatic rings. The van der Waals surface area contributed by atoms with E-state index in [0.29, 0.717) is 22.7 Å². The molecular weight excluding hydrogens is 418 g/mol. The highest BCUT2D eigenvalue weighted by atomic mass is 32.1. The van der Waals surface area contributed by atoms with Gasteiger partial charge in [0.2, 0.25) is 0 Å². The number of carbonyl (C=O) groups excluding carboxylic acids is 2. The van der Waals surface area contributed by atoms with Crippen molar-refractivity contribution in [3.8, 4) is 0 Å². The summed E-state index contributed by atoms with van der Waals surface area (Å²) in [5.74, 6) is 0.280. The van der Waals surface area contributed by atoms with E-state index in [9.17, 15) is 9.59 Å². The van der Waals surface area contributed by atoms with Gasteiger partial charge in [-0.1, -0.05) is 30.3 Å². The number of fused-ring (bicyclic) bond motifs is 1. The number of carbonyl (C=O) groups is 2. The molecule has 5 nitrogen and oxygen atoms in total. The standard InChI is InChI=1S/C26H23N3O2S/c30-24(18-6-2-1-3-7-18)27-21-12-10-20(11-13-21)26(31)29-16-14-19(15-17-29)25-28-22-8-4-5-9-23(22)32-25/h1-13,19H,14-17H2,(H,27,30). The molecule has 0 aliphatic carbocycles. The Kier molecular flexibility index (Phi) is 5.69. The molecule has 1 aromatic heterocycles. The summed E-state index contributed by atoms with van der Waals surface area (Å²) in [5, 5.41) is 4.05. The molecule has 1 saturated heterocycles. The average molecular weight is 442 g/mol. The molecular formula is C26H23N3O2S. The number of nitrogens with one attached hydrogen (secondary N) is 1. The number of rotatable bonds is 4. The minimum absolute atomic E-state index is 0.0358. The highest BCUT2D eigenvalue weighted by Gasteiger charge is 2.26. The van der Waals surface area contributed by atoms with Crippen LogP contribution in [0.2, 0.25) is 0 Å². The monoisotopic (exact) mass is 441 g/mol. The van der Waals surface area contributed by atoms with Gasteiger partial charge in [0.15, 0.2) is 0 Å². The van der Waals surface area contributed by atoms with E-state index in [0.717, 1.165) is 31.4 Å². The van der Waals surface area contributed by atoms with E-state index in [2.05, 4.69) is 17.4 Å². The van der Waals surface area contributed by atoms with Crippen LogP contribution in [0.1, 0.15) is 44.5 Å². The summed E-state index contributed by atoms with van der Waals surface area (Å²) in [6.45, 7) is 1.46. The number of thiazole rings is 1. The lowest BCUT2D eigenvalue weighted by Crippen LogP contribution is -2.37. The highest BCUT2D eigenvalue weighted by Crippen LogP contribution is 2.34.